The van der Waals surface area contributed by atoms with E-state index < -0.39 is 27.0 Å². The number of carbonyl (C=O) groups excluding carboxylic acids is 1. The van der Waals surface area contributed by atoms with Gasteiger partial charge in [-0.25, -0.2) is 17.8 Å². The third-order valence-corrected chi connectivity index (χ3v) is 7.65. The van der Waals surface area contributed by atoms with Crippen molar-refractivity contribution in [3.63, 3.8) is 0 Å². The summed E-state index contributed by atoms with van der Waals surface area (Å²) in [6, 6.07) is 13.0. The topological polar surface area (TPSA) is 64.1 Å². The van der Waals surface area contributed by atoms with Crippen molar-refractivity contribution in [1.29, 1.82) is 0 Å². The van der Waals surface area contributed by atoms with Crippen LogP contribution in [0.4, 0.5) is 4.39 Å². The zero-order chi connectivity index (χ0) is 18.2. The van der Waals surface area contributed by atoms with Gasteiger partial charge in [0, 0.05) is 12.0 Å². The van der Waals surface area contributed by atoms with Gasteiger partial charge < -0.3 is 0 Å². The van der Waals surface area contributed by atoms with Crippen LogP contribution in [-0.2, 0) is 9.84 Å². The minimum absolute atomic E-state index is 0.0274. The number of rotatable bonds is 5. The molecule has 3 rings (SSSR count). The Morgan fingerprint density at radius 1 is 1.16 bits per heavy atom. The molecule has 1 unspecified atom stereocenters. The van der Waals surface area contributed by atoms with Crippen molar-refractivity contribution < 1.29 is 17.6 Å². The maximum atomic E-state index is 15.5. The van der Waals surface area contributed by atoms with E-state index >= 15 is 4.39 Å². The summed E-state index contributed by atoms with van der Waals surface area (Å²) in [5, 5.41) is -3.05. The summed E-state index contributed by atoms with van der Waals surface area (Å²) in [5.74, 6) is -1.06. The number of fused-ring (bicyclic) bond motifs is 1. The fourth-order valence-electron chi connectivity index (χ4n) is 2.50. The molecule has 4 nitrogen and oxygen atoms in total. The van der Waals surface area contributed by atoms with Crippen molar-refractivity contribution in [2.45, 2.75) is 29.6 Å². The normalized spacial score (nSPS) is 14.4. The Hall–Kier alpha value is -2.12. The van der Waals surface area contributed by atoms with Gasteiger partial charge in [0.25, 0.3) is 5.00 Å². The Morgan fingerprint density at radius 3 is 2.40 bits per heavy atom. The molecule has 0 fully saturated rings. The molecule has 1 atom stereocenters. The molecule has 2 aromatic carbocycles. The van der Waals surface area contributed by atoms with Gasteiger partial charge in [-0.1, -0.05) is 48.9 Å². The number of aryl methyl sites for hydroxylation is 1. The molecule has 0 aliphatic heterocycles. The van der Waals surface area contributed by atoms with E-state index in [0.717, 1.165) is 16.9 Å². The van der Waals surface area contributed by atoms with Gasteiger partial charge in [0.05, 0.1) is 10.2 Å². The number of hydrogen-bond donors (Lipinski definition) is 0. The molecular weight excluding hydrogens is 361 g/mol. The summed E-state index contributed by atoms with van der Waals surface area (Å²) in [5.41, 5.74) is 1.39. The first-order valence-electron chi connectivity index (χ1n) is 7.70. The molecule has 7 heteroatoms. The van der Waals surface area contributed by atoms with Gasteiger partial charge in [-0.3, -0.25) is 4.79 Å². The Labute approximate surface area is 149 Å². The average molecular weight is 377 g/mol. The molecule has 0 saturated heterocycles. The maximum Gasteiger partial charge on any atom is 0.278 e. The Morgan fingerprint density at radius 2 is 1.80 bits per heavy atom. The number of para-hydroxylation sites is 1. The van der Waals surface area contributed by atoms with Crippen LogP contribution in [-0.4, -0.2) is 24.2 Å². The molecule has 0 radical (unpaired) electrons. The van der Waals surface area contributed by atoms with E-state index in [1.54, 1.807) is 36.4 Å². The maximum absolute atomic E-state index is 15.5. The molecule has 0 aliphatic rings. The number of sulfone groups is 1. The summed E-state index contributed by atoms with van der Waals surface area (Å²) >= 11 is 0.870. The summed E-state index contributed by atoms with van der Waals surface area (Å²) in [4.78, 5) is 16.7. The highest BCUT2D eigenvalue weighted by atomic mass is 32.2. The lowest BCUT2D eigenvalue weighted by atomic mass is 10.0. The third kappa shape index (κ3) is 2.87. The van der Waals surface area contributed by atoms with Crippen LogP contribution in [0.1, 0.15) is 29.3 Å². The first-order chi connectivity index (χ1) is 11.8. The number of Topliss-reactive ketones (excluding diaryl/α,β-unsaturated/α-hetero) is 1. The molecule has 0 saturated carbocycles. The highest BCUT2D eigenvalue weighted by Crippen LogP contribution is 2.37. The van der Waals surface area contributed by atoms with Crippen molar-refractivity contribution in [2.24, 2.45) is 0 Å². The standard InChI is InChI=1S/C18H16FNO3S2/c1-3-18(19,16(21)13-10-8-12(2)9-11-13)25(22,23)17-20-14-6-4-5-7-15(14)24-17/h4-11H,3H2,1-2H3. The second-order valence-corrected chi connectivity index (χ2v) is 9.06. The molecule has 1 heterocycles. The fourth-order valence-corrected chi connectivity index (χ4v) is 5.54. The second-order valence-electron chi connectivity index (χ2n) is 5.73. The number of hydrogen-bond acceptors (Lipinski definition) is 5. The van der Waals surface area contributed by atoms with Gasteiger partial charge in [0.1, 0.15) is 0 Å². The smallest absolute Gasteiger partial charge is 0.278 e. The first kappa shape index (κ1) is 17.7. The van der Waals surface area contributed by atoms with Gasteiger partial charge >= 0.3 is 0 Å². The largest absolute Gasteiger partial charge is 0.289 e. The summed E-state index contributed by atoms with van der Waals surface area (Å²) in [6.07, 6.45) is -0.488. The van der Waals surface area contributed by atoms with Crippen LogP contribution in [0.5, 0.6) is 0 Å². The van der Waals surface area contributed by atoms with Gasteiger partial charge in [0.15, 0.2) is 0 Å². The van der Waals surface area contributed by atoms with E-state index in [2.05, 4.69) is 4.98 Å². The molecule has 130 valence electrons. The van der Waals surface area contributed by atoms with E-state index in [9.17, 15) is 13.2 Å². The first-order valence-corrected chi connectivity index (χ1v) is 10.00. The predicted octanol–water partition coefficient (Wildman–Crippen LogP) is 4.34. The van der Waals surface area contributed by atoms with Crippen LogP contribution in [0, 0.1) is 6.92 Å². The number of aromatic nitrogens is 1. The van der Waals surface area contributed by atoms with E-state index in [-0.39, 0.29) is 9.90 Å². The van der Waals surface area contributed by atoms with E-state index in [1.807, 2.05) is 6.92 Å². The molecule has 25 heavy (non-hydrogen) atoms. The Kier molecular flexibility index (Phi) is 4.47. The third-order valence-electron chi connectivity index (χ3n) is 4.04. The lowest BCUT2D eigenvalue weighted by Crippen LogP contribution is -2.41. The summed E-state index contributed by atoms with van der Waals surface area (Å²) < 4.78 is 41.5. The minimum Gasteiger partial charge on any atom is -0.289 e. The number of benzene rings is 2. The van der Waals surface area contributed by atoms with Crippen LogP contribution in [0.2, 0.25) is 0 Å². The number of halogens is 1. The van der Waals surface area contributed by atoms with Crippen molar-refractivity contribution in [2.75, 3.05) is 0 Å². The van der Waals surface area contributed by atoms with Gasteiger partial charge in [0.2, 0.25) is 20.0 Å². The van der Waals surface area contributed by atoms with Crippen LogP contribution in [0.25, 0.3) is 10.2 Å². The average Bonchev–Trinajstić information content (AvgIpc) is 3.06. The van der Waals surface area contributed by atoms with Crippen molar-refractivity contribution >= 4 is 37.2 Å². The lowest BCUT2D eigenvalue weighted by Gasteiger charge is -2.21. The zero-order valence-corrected chi connectivity index (χ0v) is 15.3. The quantitative estimate of drug-likeness (QED) is 0.621. The number of nitrogens with zero attached hydrogens (tertiary/aromatic N) is 1. The number of ketones is 1. The molecule has 1 aromatic heterocycles. The van der Waals surface area contributed by atoms with E-state index in [1.165, 1.54) is 19.1 Å². The molecule has 0 N–H and O–H groups in total. The van der Waals surface area contributed by atoms with E-state index in [4.69, 9.17) is 0 Å². The van der Waals surface area contributed by atoms with Crippen LogP contribution in [0.15, 0.2) is 52.9 Å². The van der Waals surface area contributed by atoms with Gasteiger partial charge in [-0.2, -0.15) is 0 Å². The van der Waals surface area contributed by atoms with Crippen molar-refractivity contribution in [3.8, 4) is 0 Å². The monoisotopic (exact) mass is 377 g/mol. The highest BCUT2D eigenvalue weighted by molar-refractivity contribution is 7.95. The molecular formula is C18H16FNO3S2. The van der Waals surface area contributed by atoms with Gasteiger partial charge in [-0.05, 0) is 19.1 Å². The fraction of sp³-hybridized carbons (Fsp3) is 0.222. The molecule has 0 amide bonds. The van der Waals surface area contributed by atoms with Gasteiger partial charge in [-0.15, -0.1) is 11.3 Å². The predicted molar refractivity (Wildman–Crippen MR) is 96.4 cm³/mol. The summed E-state index contributed by atoms with van der Waals surface area (Å²) in [7, 11) is -4.58. The number of thiazole rings is 1. The van der Waals surface area contributed by atoms with Crippen molar-refractivity contribution in [3.05, 3.63) is 59.7 Å². The summed E-state index contributed by atoms with van der Waals surface area (Å²) in [6.45, 7) is 3.17. The Balaban J connectivity index is 2.10. The van der Waals surface area contributed by atoms with E-state index in [0.29, 0.717) is 10.2 Å². The van der Waals surface area contributed by atoms with Crippen LogP contribution in [0.3, 0.4) is 0 Å². The highest BCUT2D eigenvalue weighted by Gasteiger charge is 2.52. The van der Waals surface area contributed by atoms with Crippen molar-refractivity contribution in [1.82, 2.24) is 4.98 Å². The number of carbonyl (C=O) groups is 1. The molecule has 0 spiro atoms. The Bertz CT molecular complexity index is 1010. The minimum atomic E-state index is -4.58. The SMILES string of the molecule is CCC(F)(C(=O)c1ccc(C)cc1)S(=O)(=O)c1nc2ccccc2s1. The number of alkyl halides is 1. The van der Waals surface area contributed by atoms with Crippen LogP contribution >= 0.6 is 11.3 Å². The molecule has 0 bridgehead atoms. The van der Waals surface area contributed by atoms with Crippen LogP contribution < -0.4 is 0 Å². The molecule has 0 aliphatic carbocycles. The zero-order valence-electron chi connectivity index (χ0n) is 13.7. The second kappa shape index (κ2) is 6.31. The molecule has 3 aromatic rings. The lowest BCUT2D eigenvalue weighted by molar-refractivity contribution is 0.0821.